The summed E-state index contributed by atoms with van der Waals surface area (Å²) in [6.07, 6.45) is 11.7. The van der Waals surface area contributed by atoms with Crippen molar-refractivity contribution in [3.63, 3.8) is 0 Å². The number of piperidine rings is 1. The topological polar surface area (TPSA) is 106 Å². The van der Waals surface area contributed by atoms with Crippen LogP contribution in [-0.2, 0) is 11.2 Å². The minimum Gasteiger partial charge on any atom is -0.382 e. The van der Waals surface area contributed by atoms with Gasteiger partial charge in [0.05, 0.1) is 6.42 Å². The molecular weight excluding hydrogens is 488 g/mol. The lowest BCUT2D eigenvalue weighted by atomic mass is 9.92. The molecule has 3 fully saturated rings. The highest BCUT2D eigenvalue weighted by molar-refractivity contribution is 5.99. The number of carbonyl (C=O) groups is 2. The summed E-state index contributed by atoms with van der Waals surface area (Å²) in [6.45, 7) is 2.65. The number of imidazole rings is 1. The first-order valence-electron chi connectivity index (χ1n) is 14.0. The lowest BCUT2D eigenvalue weighted by Gasteiger charge is -2.34. The smallest absolute Gasteiger partial charge is 0.222 e. The molecule has 7 rings (SSSR count). The molecule has 5 heterocycles. The number of amides is 1. The van der Waals surface area contributed by atoms with E-state index in [1.165, 1.54) is 18.4 Å². The maximum Gasteiger partial charge on any atom is 0.222 e. The van der Waals surface area contributed by atoms with Crippen molar-refractivity contribution < 1.29 is 9.59 Å². The van der Waals surface area contributed by atoms with E-state index < -0.39 is 0 Å². The lowest BCUT2D eigenvalue weighted by Crippen LogP contribution is -2.41. The van der Waals surface area contributed by atoms with Crippen molar-refractivity contribution in [3.8, 4) is 11.3 Å². The summed E-state index contributed by atoms with van der Waals surface area (Å²) in [5, 5.41) is 0. The summed E-state index contributed by atoms with van der Waals surface area (Å²) < 4.78 is 2.04. The number of nitrogen functional groups attached to an aromatic ring is 1. The van der Waals surface area contributed by atoms with Gasteiger partial charge in [0.2, 0.25) is 5.91 Å². The van der Waals surface area contributed by atoms with Gasteiger partial charge >= 0.3 is 0 Å². The first-order chi connectivity index (χ1) is 19.0. The molecule has 2 atom stereocenters. The lowest BCUT2D eigenvalue weighted by molar-refractivity contribution is -0.130. The van der Waals surface area contributed by atoms with Crippen LogP contribution < -0.4 is 5.73 Å². The molecular formula is C31H32N6O2. The number of ketones is 1. The van der Waals surface area contributed by atoms with Crippen LogP contribution in [0.2, 0.25) is 0 Å². The number of nitrogens with two attached hydrogens (primary N) is 1. The van der Waals surface area contributed by atoms with E-state index in [2.05, 4.69) is 22.1 Å². The van der Waals surface area contributed by atoms with Gasteiger partial charge < -0.3 is 10.6 Å². The molecule has 0 spiro atoms. The van der Waals surface area contributed by atoms with Crippen LogP contribution in [0, 0.1) is 6.92 Å². The number of aromatic nitrogens is 4. The van der Waals surface area contributed by atoms with E-state index in [-0.39, 0.29) is 24.0 Å². The van der Waals surface area contributed by atoms with Gasteiger partial charge in [0, 0.05) is 60.3 Å². The van der Waals surface area contributed by atoms with Gasteiger partial charge in [-0.15, -0.1) is 0 Å². The summed E-state index contributed by atoms with van der Waals surface area (Å²) in [7, 11) is 0. The van der Waals surface area contributed by atoms with E-state index in [0.29, 0.717) is 36.3 Å². The van der Waals surface area contributed by atoms with Crippen molar-refractivity contribution in [3.05, 3.63) is 77.1 Å². The van der Waals surface area contributed by atoms with E-state index in [1.54, 1.807) is 6.20 Å². The molecule has 8 nitrogen and oxygen atoms in total. The molecule has 0 unspecified atom stereocenters. The first kappa shape index (κ1) is 24.0. The van der Waals surface area contributed by atoms with Gasteiger partial charge in [0.25, 0.3) is 0 Å². The van der Waals surface area contributed by atoms with Crippen LogP contribution in [0.5, 0.6) is 0 Å². The van der Waals surface area contributed by atoms with Crippen molar-refractivity contribution >= 4 is 23.0 Å². The van der Waals surface area contributed by atoms with Gasteiger partial charge in [-0.25, -0.2) is 9.97 Å². The number of pyridine rings is 1. The van der Waals surface area contributed by atoms with Crippen LogP contribution in [0.1, 0.15) is 83.4 Å². The zero-order valence-electron chi connectivity index (χ0n) is 22.1. The second-order valence-electron chi connectivity index (χ2n) is 11.3. The van der Waals surface area contributed by atoms with Crippen LogP contribution in [0.25, 0.3) is 16.8 Å². The van der Waals surface area contributed by atoms with Crippen LogP contribution in [0.3, 0.4) is 0 Å². The summed E-state index contributed by atoms with van der Waals surface area (Å²) in [6, 6.07) is 10.4. The Kier molecular flexibility index (Phi) is 5.72. The zero-order chi connectivity index (χ0) is 26.7. The third-order valence-electron chi connectivity index (χ3n) is 8.72. The van der Waals surface area contributed by atoms with E-state index in [1.807, 2.05) is 46.8 Å². The average molecular weight is 521 g/mol. The number of fused-ring (bicyclic) bond motifs is 2. The van der Waals surface area contributed by atoms with Crippen molar-refractivity contribution in [1.82, 2.24) is 24.3 Å². The summed E-state index contributed by atoms with van der Waals surface area (Å²) in [4.78, 5) is 41.7. The fourth-order valence-electron chi connectivity index (χ4n) is 6.50. The zero-order valence-corrected chi connectivity index (χ0v) is 22.1. The van der Waals surface area contributed by atoms with Gasteiger partial charge in [-0.3, -0.25) is 19.0 Å². The molecule has 2 aliphatic heterocycles. The molecule has 1 amide bonds. The van der Waals surface area contributed by atoms with Crippen molar-refractivity contribution in [2.45, 2.75) is 69.7 Å². The number of Topliss-reactive ketones (excluding diaryl/α,β-unsaturated/α-hetero) is 1. The minimum atomic E-state index is 0.0584. The standard InChI is InChI=1S/C31H32N6O2/c1-18-14-21(5-8-25(18)26(38)16-23-15-20(10-11-33-23)19-2-3-19)28-29-30(32)34-12-13-36(29)31(35-28)22-4-6-24-7-9-27(39)37(24)17-22/h5,8,10-15,19,22,24H,2-4,6-7,9,16-17H2,1H3,(H2,32,34)/t22-,24+/m1/s1. The number of hydrogen-bond acceptors (Lipinski definition) is 6. The normalized spacial score (nSPS) is 20.9. The molecule has 198 valence electrons. The van der Waals surface area contributed by atoms with Gasteiger partial charge in [-0.1, -0.05) is 12.1 Å². The third-order valence-corrected chi connectivity index (χ3v) is 8.72. The molecule has 39 heavy (non-hydrogen) atoms. The minimum absolute atomic E-state index is 0.0584. The number of anilines is 1. The van der Waals surface area contributed by atoms with E-state index in [4.69, 9.17) is 10.7 Å². The largest absolute Gasteiger partial charge is 0.382 e. The molecule has 2 saturated heterocycles. The van der Waals surface area contributed by atoms with Gasteiger partial charge in [0.15, 0.2) is 5.78 Å². The predicted molar refractivity (Wildman–Crippen MR) is 149 cm³/mol. The highest BCUT2D eigenvalue weighted by Gasteiger charge is 2.38. The Morgan fingerprint density at radius 1 is 1.03 bits per heavy atom. The second kappa shape index (κ2) is 9.29. The van der Waals surface area contributed by atoms with Crippen LogP contribution in [-0.4, -0.2) is 48.5 Å². The molecule has 0 bridgehead atoms. The molecule has 0 radical (unpaired) electrons. The number of rotatable bonds is 6. The van der Waals surface area contributed by atoms with Crippen LogP contribution in [0.15, 0.2) is 48.9 Å². The second-order valence-corrected chi connectivity index (χ2v) is 11.3. The fourth-order valence-corrected chi connectivity index (χ4v) is 6.50. The van der Waals surface area contributed by atoms with E-state index >= 15 is 0 Å². The monoisotopic (exact) mass is 520 g/mol. The summed E-state index contributed by atoms with van der Waals surface area (Å²) >= 11 is 0. The molecule has 2 N–H and O–H groups in total. The Morgan fingerprint density at radius 2 is 1.87 bits per heavy atom. The Labute approximate surface area is 227 Å². The Balaban J connectivity index is 1.20. The highest BCUT2D eigenvalue weighted by Crippen LogP contribution is 2.40. The number of nitrogens with zero attached hydrogens (tertiary/aromatic N) is 5. The van der Waals surface area contributed by atoms with Crippen molar-refractivity contribution in [2.24, 2.45) is 0 Å². The molecule has 1 aromatic carbocycles. The van der Waals surface area contributed by atoms with Crippen LogP contribution in [0.4, 0.5) is 5.82 Å². The molecule has 4 aromatic rings. The third kappa shape index (κ3) is 4.28. The molecule has 8 heteroatoms. The predicted octanol–water partition coefficient (Wildman–Crippen LogP) is 4.85. The summed E-state index contributed by atoms with van der Waals surface area (Å²) in [5.74, 6) is 2.39. The van der Waals surface area contributed by atoms with Gasteiger partial charge in [0.1, 0.15) is 22.9 Å². The Bertz CT molecular complexity index is 1620. The maximum absolute atomic E-state index is 13.3. The molecule has 1 saturated carbocycles. The average Bonchev–Trinajstić information content (AvgIpc) is 3.62. The molecule has 3 aliphatic rings. The fraction of sp³-hybridized carbons (Fsp3) is 0.387. The first-order valence-corrected chi connectivity index (χ1v) is 14.0. The van der Waals surface area contributed by atoms with Gasteiger partial charge in [-0.05, 0) is 74.3 Å². The maximum atomic E-state index is 13.3. The molecule has 1 aliphatic carbocycles. The Morgan fingerprint density at radius 3 is 2.69 bits per heavy atom. The number of aryl methyl sites for hydroxylation is 1. The SMILES string of the molecule is Cc1cc(-c2nc([C@@H]3CC[C@H]4CCC(=O)N4C3)n3ccnc(N)c23)ccc1C(=O)Cc1cc(C2CC2)ccn1. The van der Waals surface area contributed by atoms with Crippen LogP contribution >= 0.6 is 0 Å². The van der Waals surface area contributed by atoms with E-state index in [0.717, 1.165) is 53.1 Å². The Hall–Kier alpha value is -4.07. The highest BCUT2D eigenvalue weighted by atomic mass is 16.2. The number of hydrogen-bond donors (Lipinski definition) is 1. The van der Waals surface area contributed by atoms with Gasteiger partial charge in [-0.2, -0.15) is 0 Å². The number of benzene rings is 1. The molecule has 3 aromatic heterocycles. The van der Waals surface area contributed by atoms with Crippen molar-refractivity contribution in [1.29, 1.82) is 0 Å². The summed E-state index contributed by atoms with van der Waals surface area (Å²) in [5.41, 5.74) is 12.5. The number of carbonyl (C=O) groups excluding carboxylic acids is 2. The van der Waals surface area contributed by atoms with E-state index in [9.17, 15) is 9.59 Å². The quantitative estimate of drug-likeness (QED) is 0.364. The van der Waals surface area contributed by atoms with Crippen molar-refractivity contribution in [2.75, 3.05) is 12.3 Å².